The molecule has 1 fully saturated rings. The van der Waals surface area contributed by atoms with Gasteiger partial charge in [-0.15, -0.1) is 21.5 Å². The fourth-order valence-corrected chi connectivity index (χ4v) is 5.64. The number of likely N-dealkylation sites (tertiary alicyclic amines) is 1. The topological polar surface area (TPSA) is 100 Å². The molecule has 3 aromatic rings. The van der Waals surface area contributed by atoms with E-state index in [2.05, 4.69) is 27.1 Å². The average Bonchev–Trinajstić information content (AvgIpc) is 3.54. The van der Waals surface area contributed by atoms with Gasteiger partial charge in [0, 0.05) is 43.6 Å². The Hall–Kier alpha value is -2.80. The molecular weight excluding hydrogens is 471 g/mol. The summed E-state index contributed by atoms with van der Waals surface area (Å²) in [6.45, 7) is 3.49. The fraction of sp³-hybridized carbons (Fsp3) is 0.571. The van der Waals surface area contributed by atoms with Crippen LogP contribution in [-0.2, 0) is 25.7 Å². The van der Waals surface area contributed by atoms with Gasteiger partial charge in [-0.1, -0.05) is 13.3 Å². The van der Waals surface area contributed by atoms with Crippen LogP contribution < -0.4 is 4.90 Å². The number of carbonyl (C=O) groups is 1. The molecule has 182 valence electrons. The minimum absolute atomic E-state index is 0.0224. The number of aliphatic hydroxyl groups is 1. The standard InChI is InChI=1S/C21H24F3N7O2S/c1-2-3-13-8-14-17(29-6-7-31-15(10-29)27-28-20(31)21(22,23)24)25-16(26-18(14)34-13)19(33)30-5-4-12(9-30)11-32/h8,12,32H,2-7,9-11H2,1H3. The van der Waals surface area contributed by atoms with Crippen LogP contribution in [0.15, 0.2) is 6.07 Å². The molecule has 5 rings (SSSR count). The van der Waals surface area contributed by atoms with Crippen molar-refractivity contribution in [1.29, 1.82) is 0 Å². The molecule has 1 unspecified atom stereocenters. The van der Waals surface area contributed by atoms with E-state index in [4.69, 9.17) is 0 Å². The predicted octanol–water partition coefficient (Wildman–Crippen LogP) is 2.73. The van der Waals surface area contributed by atoms with Crippen molar-refractivity contribution >= 4 is 33.3 Å². The van der Waals surface area contributed by atoms with Crippen molar-refractivity contribution in [3.8, 4) is 0 Å². The molecule has 3 aromatic heterocycles. The first-order valence-electron chi connectivity index (χ1n) is 11.2. The Morgan fingerprint density at radius 3 is 2.76 bits per heavy atom. The van der Waals surface area contributed by atoms with Crippen molar-refractivity contribution in [2.45, 2.75) is 45.5 Å². The highest BCUT2D eigenvalue weighted by Crippen LogP contribution is 2.35. The summed E-state index contributed by atoms with van der Waals surface area (Å²) >= 11 is 1.50. The van der Waals surface area contributed by atoms with Gasteiger partial charge in [0.15, 0.2) is 5.82 Å². The molecule has 1 atom stereocenters. The number of hydrogen-bond acceptors (Lipinski definition) is 8. The number of carbonyl (C=O) groups excluding carboxylic acids is 1. The molecule has 0 bridgehead atoms. The van der Waals surface area contributed by atoms with Gasteiger partial charge in [-0.3, -0.25) is 4.79 Å². The van der Waals surface area contributed by atoms with Crippen LogP contribution in [0.4, 0.5) is 19.0 Å². The lowest BCUT2D eigenvalue weighted by atomic mass is 10.1. The number of fused-ring (bicyclic) bond motifs is 2. The lowest BCUT2D eigenvalue weighted by Gasteiger charge is -2.29. The molecule has 34 heavy (non-hydrogen) atoms. The largest absolute Gasteiger partial charge is 0.451 e. The molecule has 5 heterocycles. The Bertz CT molecular complexity index is 1230. The zero-order chi connectivity index (χ0) is 24.0. The lowest BCUT2D eigenvalue weighted by Crippen LogP contribution is -2.36. The quantitative estimate of drug-likeness (QED) is 0.581. The number of nitrogens with zero attached hydrogens (tertiary/aromatic N) is 7. The summed E-state index contributed by atoms with van der Waals surface area (Å²) < 4.78 is 40.8. The summed E-state index contributed by atoms with van der Waals surface area (Å²) in [7, 11) is 0. The summed E-state index contributed by atoms with van der Waals surface area (Å²) in [5.41, 5.74) is 0. The highest BCUT2D eigenvalue weighted by Gasteiger charge is 2.40. The van der Waals surface area contributed by atoms with E-state index < -0.39 is 12.0 Å². The molecule has 1 saturated heterocycles. The van der Waals surface area contributed by atoms with Crippen molar-refractivity contribution in [1.82, 2.24) is 29.6 Å². The number of aryl methyl sites for hydroxylation is 1. The molecular formula is C21H24F3N7O2S. The van der Waals surface area contributed by atoms with Crippen molar-refractivity contribution in [3.63, 3.8) is 0 Å². The normalized spacial score (nSPS) is 18.7. The second kappa shape index (κ2) is 8.77. The number of alkyl halides is 3. The lowest BCUT2D eigenvalue weighted by molar-refractivity contribution is -0.147. The molecule has 2 aliphatic rings. The third-order valence-electron chi connectivity index (χ3n) is 6.25. The van der Waals surface area contributed by atoms with E-state index in [9.17, 15) is 23.1 Å². The summed E-state index contributed by atoms with van der Waals surface area (Å²) in [6.07, 6.45) is -2.04. The van der Waals surface area contributed by atoms with E-state index >= 15 is 0 Å². The Balaban J connectivity index is 1.52. The number of aromatic nitrogens is 5. The van der Waals surface area contributed by atoms with Gasteiger partial charge in [0.1, 0.15) is 10.6 Å². The SMILES string of the molecule is CCCc1cc2c(N3CCn4c(nnc4C(F)(F)F)C3)nc(C(=O)N3CCC(CO)C3)nc2s1. The highest BCUT2D eigenvalue weighted by atomic mass is 32.1. The molecule has 1 N–H and O–H groups in total. The van der Waals surface area contributed by atoms with Gasteiger partial charge in [-0.25, -0.2) is 9.97 Å². The zero-order valence-electron chi connectivity index (χ0n) is 18.5. The van der Waals surface area contributed by atoms with Gasteiger partial charge >= 0.3 is 6.18 Å². The molecule has 0 spiro atoms. The maximum absolute atomic E-state index is 13.2. The number of amides is 1. The molecule has 0 aromatic carbocycles. The van der Waals surface area contributed by atoms with Crippen LogP contribution in [0.1, 0.15) is 46.9 Å². The van der Waals surface area contributed by atoms with Gasteiger partial charge in [0.25, 0.3) is 5.91 Å². The fourth-order valence-electron chi connectivity index (χ4n) is 4.52. The van der Waals surface area contributed by atoms with Crippen molar-refractivity contribution in [3.05, 3.63) is 28.4 Å². The average molecular weight is 496 g/mol. The number of rotatable bonds is 5. The van der Waals surface area contributed by atoms with Crippen molar-refractivity contribution in [2.75, 3.05) is 31.1 Å². The first-order valence-corrected chi connectivity index (χ1v) is 12.0. The van der Waals surface area contributed by atoms with E-state index in [-0.39, 0.29) is 49.7 Å². The summed E-state index contributed by atoms with van der Waals surface area (Å²) in [5.74, 6) is -0.473. The number of halogens is 3. The molecule has 2 aliphatic heterocycles. The van der Waals surface area contributed by atoms with E-state index in [1.54, 1.807) is 4.90 Å². The van der Waals surface area contributed by atoms with E-state index in [1.165, 1.54) is 11.3 Å². The number of thiophene rings is 1. The predicted molar refractivity (Wildman–Crippen MR) is 119 cm³/mol. The third-order valence-corrected chi connectivity index (χ3v) is 7.34. The van der Waals surface area contributed by atoms with Crippen molar-refractivity contribution in [2.24, 2.45) is 5.92 Å². The highest BCUT2D eigenvalue weighted by molar-refractivity contribution is 7.18. The van der Waals surface area contributed by atoms with Crippen LogP contribution >= 0.6 is 11.3 Å². The molecule has 13 heteroatoms. The zero-order valence-corrected chi connectivity index (χ0v) is 19.4. The van der Waals surface area contributed by atoms with Gasteiger partial charge in [0.2, 0.25) is 11.6 Å². The summed E-state index contributed by atoms with van der Waals surface area (Å²) in [6, 6.07) is 2.01. The van der Waals surface area contributed by atoms with Crippen LogP contribution in [0.2, 0.25) is 0 Å². The first-order chi connectivity index (χ1) is 16.3. The second-order valence-electron chi connectivity index (χ2n) is 8.65. The van der Waals surface area contributed by atoms with Gasteiger partial charge in [0.05, 0.1) is 11.9 Å². The van der Waals surface area contributed by atoms with Crippen LogP contribution in [0, 0.1) is 5.92 Å². The van der Waals surface area contributed by atoms with Crippen LogP contribution in [-0.4, -0.2) is 66.9 Å². The Labute approximate surface area is 197 Å². The molecule has 0 radical (unpaired) electrons. The minimum atomic E-state index is -4.57. The number of aliphatic hydroxyl groups excluding tert-OH is 1. The van der Waals surface area contributed by atoms with E-state index in [0.29, 0.717) is 23.7 Å². The number of anilines is 1. The third kappa shape index (κ3) is 4.11. The Kier molecular flexibility index (Phi) is 5.92. The monoisotopic (exact) mass is 495 g/mol. The second-order valence-corrected chi connectivity index (χ2v) is 9.77. The van der Waals surface area contributed by atoms with Gasteiger partial charge < -0.3 is 19.5 Å². The smallest absolute Gasteiger partial charge is 0.396 e. The Morgan fingerprint density at radius 2 is 2.06 bits per heavy atom. The maximum Gasteiger partial charge on any atom is 0.451 e. The molecule has 9 nitrogen and oxygen atoms in total. The maximum atomic E-state index is 13.2. The molecule has 0 saturated carbocycles. The van der Waals surface area contributed by atoms with Crippen molar-refractivity contribution < 1.29 is 23.1 Å². The minimum Gasteiger partial charge on any atom is -0.396 e. The summed E-state index contributed by atoms with van der Waals surface area (Å²) in [5, 5.41) is 17.3. The summed E-state index contributed by atoms with van der Waals surface area (Å²) in [4.78, 5) is 27.6. The van der Waals surface area contributed by atoms with E-state index in [0.717, 1.165) is 34.1 Å². The van der Waals surface area contributed by atoms with Gasteiger partial charge in [-0.2, -0.15) is 13.2 Å². The van der Waals surface area contributed by atoms with Crippen LogP contribution in [0.3, 0.4) is 0 Å². The Morgan fingerprint density at radius 1 is 1.24 bits per heavy atom. The number of hydrogen-bond donors (Lipinski definition) is 1. The molecule has 1 amide bonds. The van der Waals surface area contributed by atoms with Crippen LogP contribution in [0.5, 0.6) is 0 Å². The first kappa shape index (κ1) is 23.0. The van der Waals surface area contributed by atoms with E-state index in [1.807, 2.05) is 11.0 Å². The van der Waals surface area contributed by atoms with Crippen LogP contribution in [0.25, 0.3) is 10.2 Å². The molecule has 0 aliphatic carbocycles. The van der Waals surface area contributed by atoms with Gasteiger partial charge in [-0.05, 0) is 18.9 Å².